The zero-order chi connectivity index (χ0) is 14.5. The van der Waals surface area contributed by atoms with Crippen LogP contribution in [0.4, 0.5) is 4.39 Å². The molecular formula is C14H20FNO3. The molecule has 2 N–H and O–H groups in total. The van der Waals surface area contributed by atoms with E-state index in [1.54, 1.807) is 19.1 Å². The summed E-state index contributed by atoms with van der Waals surface area (Å²) >= 11 is 0. The predicted molar refractivity (Wildman–Crippen MR) is 70.8 cm³/mol. The maximum absolute atomic E-state index is 12.9. The molecule has 5 heteroatoms. The second-order valence-electron chi connectivity index (χ2n) is 4.99. The summed E-state index contributed by atoms with van der Waals surface area (Å²) in [5.74, 6) is -0.903. The Bertz CT molecular complexity index is 436. The average molecular weight is 269 g/mol. The Labute approximate surface area is 112 Å². The molecule has 106 valence electrons. The third-order valence-electron chi connectivity index (χ3n) is 2.75. The molecule has 0 heterocycles. The zero-order valence-electron chi connectivity index (χ0n) is 11.4. The van der Waals surface area contributed by atoms with Crippen LogP contribution in [0.3, 0.4) is 0 Å². The van der Waals surface area contributed by atoms with Crippen molar-refractivity contribution in [2.24, 2.45) is 0 Å². The summed E-state index contributed by atoms with van der Waals surface area (Å²) in [7, 11) is 0. The Morgan fingerprint density at radius 2 is 2.21 bits per heavy atom. The monoisotopic (exact) mass is 269 g/mol. The number of rotatable bonds is 7. The summed E-state index contributed by atoms with van der Waals surface area (Å²) in [6, 6.07) is 5.84. The van der Waals surface area contributed by atoms with Crippen LogP contribution < -0.4 is 10.1 Å². The van der Waals surface area contributed by atoms with Crippen LogP contribution in [0.1, 0.15) is 27.2 Å². The third-order valence-corrected chi connectivity index (χ3v) is 2.75. The number of carboxylic acids is 1. The molecule has 1 unspecified atom stereocenters. The summed E-state index contributed by atoms with van der Waals surface area (Å²) in [6.07, 6.45) is 0.289. The van der Waals surface area contributed by atoms with E-state index in [-0.39, 0.29) is 24.9 Å². The molecule has 0 saturated carbocycles. The van der Waals surface area contributed by atoms with Crippen molar-refractivity contribution in [3.63, 3.8) is 0 Å². The summed E-state index contributed by atoms with van der Waals surface area (Å²) in [6.45, 7) is 5.58. The molecule has 1 rings (SSSR count). The molecule has 0 aliphatic heterocycles. The van der Waals surface area contributed by atoms with E-state index >= 15 is 0 Å². The van der Waals surface area contributed by atoms with Gasteiger partial charge in [-0.25, -0.2) is 4.39 Å². The maximum Gasteiger partial charge on any atom is 0.323 e. The fourth-order valence-corrected chi connectivity index (χ4v) is 1.81. The minimum atomic E-state index is -1.05. The Morgan fingerprint density at radius 3 is 2.74 bits per heavy atom. The number of carbonyl (C=O) groups is 1. The van der Waals surface area contributed by atoms with Gasteiger partial charge >= 0.3 is 5.97 Å². The first-order valence-corrected chi connectivity index (χ1v) is 6.23. The van der Waals surface area contributed by atoms with Gasteiger partial charge in [-0.3, -0.25) is 10.1 Å². The summed E-state index contributed by atoms with van der Waals surface area (Å²) < 4.78 is 18.3. The number of hydrogen-bond acceptors (Lipinski definition) is 3. The van der Waals surface area contributed by atoms with Crippen molar-refractivity contribution in [1.82, 2.24) is 5.32 Å². The zero-order valence-corrected chi connectivity index (χ0v) is 11.4. The molecule has 1 aromatic carbocycles. The van der Waals surface area contributed by atoms with Crippen LogP contribution in [-0.2, 0) is 4.79 Å². The molecule has 0 radical (unpaired) electrons. The van der Waals surface area contributed by atoms with Crippen LogP contribution in [0, 0.1) is 5.82 Å². The molecule has 1 atom stereocenters. The number of benzene rings is 1. The van der Waals surface area contributed by atoms with Gasteiger partial charge in [-0.05, 0) is 32.9 Å². The number of hydrogen-bond donors (Lipinski definition) is 2. The SMILES string of the molecule is CC(C)NC(C)(CCOc1cccc(F)c1)C(=O)O. The number of carboxylic acid groups (broad SMARTS) is 1. The van der Waals surface area contributed by atoms with E-state index in [0.29, 0.717) is 5.75 Å². The second-order valence-corrected chi connectivity index (χ2v) is 4.99. The van der Waals surface area contributed by atoms with Gasteiger partial charge < -0.3 is 9.84 Å². The van der Waals surface area contributed by atoms with Gasteiger partial charge in [-0.15, -0.1) is 0 Å². The van der Waals surface area contributed by atoms with Crippen molar-refractivity contribution >= 4 is 5.97 Å². The smallest absolute Gasteiger partial charge is 0.323 e. The normalized spacial score (nSPS) is 14.2. The van der Waals surface area contributed by atoms with Gasteiger partial charge in [0.15, 0.2) is 0 Å². The molecule has 0 amide bonds. The van der Waals surface area contributed by atoms with Gasteiger partial charge in [0.2, 0.25) is 0 Å². The molecule has 1 aromatic rings. The summed E-state index contributed by atoms with van der Waals surface area (Å²) in [5, 5.41) is 12.2. The minimum Gasteiger partial charge on any atom is -0.493 e. The first kappa shape index (κ1) is 15.4. The summed E-state index contributed by atoms with van der Waals surface area (Å²) in [5.41, 5.74) is -1.05. The Kier molecular flexibility index (Phi) is 5.30. The van der Waals surface area contributed by atoms with E-state index in [4.69, 9.17) is 4.74 Å². The lowest BCUT2D eigenvalue weighted by Gasteiger charge is -2.28. The number of halogens is 1. The molecule has 19 heavy (non-hydrogen) atoms. The van der Waals surface area contributed by atoms with Gasteiger partial charge in [0.05, 0.1) is 6.61 Å². The average Bonchev–Trinajstić information content (AvgIpc) is 2.27. The van der Waals surface area contributed by atoms with Crippen LogP contribution in [0.15, 0.2) is 24.3 Å². The van der Waals surface area contributed by atoms with Crippen molar-refractivity contribution in [2.45, 2.75) is 38.8 Å². The van der Waals surface area contributed by atoms with E-state index in [2.05, 4.69) is 5.32 Å². The molecule has 0 bridgehead atoms. The Morgan fingerprint density at radius 1 is 1.53 bits per heavy atom. The first-order chi connectivity index (χ1) is 8.83. The van der Waals surface area contributed by atoms with Crippen molar-refractivity contribution in [3.8, 4) is 5.75 Å². The highest BCUT2D eigenvalue weighted by Gasteiger charge is 2.33. The lowest BCUT2D eigenvalue weighted by molar-refractivity contribution is -0.145. The standard InChI is InChI=1S/C14H20FNO3/c1-10(2)16-14(3,13(17)18)7-8-19-12-6-4-5-11(15)9-12/h4-6,9-10,16H,7-8H2,1-3H3,(H,17,18). The molecule has 4 nitrogen and oxygen atoms in total. The van der Waals surface area contributed by atoms with E-state index in [0.717, 1.165) is 0 Å². The highest BCUT2D eigenvalue weighted by atomic mass is 19.1. The van der Waals surface area contributed by atoms with Crippen molar-refractivity contribution in [2.75, 3.05) is 6.61 Å². The third kappa shape index (κ3) is 4.87. The van der Waals surface area contributed by atoms with Gasteiger partial charge in [-0.2, -0.15) is 0 Å². The van der Waals surface area contributed by atoms with E-state index < -0.39 is 11.5 Å². The molecular weight excluding hydrogens is 249 g/mol. The highest BCUT2D eigenvalue weighted by Crippen LogP contribution is 2.15. The quantitative estimate of drug-likeness (QED) is 0.798. The van der Waals surface area contributed by atoms with Crippen LogP contribution in [-0.4, -0.2) is 29.3 Å². The summed E-state index contributed by atoms with van der Waals surface area (Å²) in [4.78, 5) is 11.3. The van der Waals surface area contributed by atoms with Gasteiger partial charge in [-0.1, -0.05) is 6.07 Å². The number of aliphatic carboxylic acids is 1. The van der Waals surface area contributed by atoms with Crippen molar-refractivity contribution < 1.29 is 19.0 Å². The van der Waals surface area contributed by atoms with Crippen LogP contribution in [0.2, 0.25) is 0 Å². The number of ether oxygens (including phenoxy) is 1. The van der Waals surface area contributed by atoms with Crippen molar-refractivity contribution in [3.05, 3.63) is 30.1 Å². The minimum absolute atomic E-state index is 0.0512. The number of nitrogens with one attached hydrogen (secondary N) is 1. The first-order valence-electron chi connectivity index (χ1n) is 6.23. The topological polar surface area (TPSA) is 58.6 Å². The van der Waals surface area contributed by atoms with Crippen LogP contribution >= 0.6 is 0 Å². The molecule has 0 aromatic heterocycles. The van der Waals surface area contributed by atoms with E-state index in [1.807, 2.05) is 13.8 Å². The molecule has 0 aliphatic rings. The van der Waals surface area contributed by atoms with Crippen LogP contribution in [0.25, 0.3) is 0 Å². The van der Waals surface area contributed by atoms with Gasteiger partial charge in [0.25, 0.3) is 0 Å². The lowest BCUT2D eigenvalue weighted by atomic mass is 9.97. The lowest BCUT2D eigenvalue weighted by Crippen LogP contribution is -2.53. The van der Waals surface area contributed by atoms with Gasteiger partial charge in [0.1, 0.15) is 17.1 Å². The molecule has 0 spiro atoms. The Balaban J connectivity index is 2.56. The van der Waals surface area contributed by atoms with Gasteiger partial charge in [0, 0.05) is 18.5 Å². The predicted octanol–water partition coefficient (Wildman–Crippen LogP) is 2.44. The fraction of sp³-hybridized carbons (Fsp3) is 0.500. The molecule has 0 saturated heterocycles. The van der Waals surface area contributed by atoms with Crippen LogP contribution in [0.5, 0.6) is 5.75 Å². The largest absolute Gasteiger partial charge is 0.493 e. The van der Waals surface area contributed by atoms with E-state index in [1.165, 1.54) is 12.1 Å². The molecule has 0 aliphatic carbocycles. The van der Waals surface area contributed by atoms with E-state index in [9.17, 15) is 14.3 Å². The second kappa shape index (κ2) is 6.52. The Hall–Kier alpha value is -1.62. The maximum atomic E-state index is 12.9. The molecule has 0 fully saturated rings. The fourth-order valence-electron chi connectivity index (χ4n) is 1.81. The highest BCUT2D eigenvalue weighted by molar-refractivity contribution is 5.78. The van der Waals surface area contributed by atoms with Crippen molar-refractivity contribution in [1.29, 1.82) is 0 Å².